The summed E-state index contributed by atoms with van der Waals surface area (Å²) in [5.74, 6) is -2.12. The first-order chi connectivity index (χ1) is 13.2. The fraction of sp³-hybridized carbons (Fsp3) is 0.500. The topological polar surface area (TPSA) is 120 Å². The van der Waals surface area contributed by atoms with Crippen LogP contribution in [0.1, 0.15) is 42.6 Å². The number of benzene rings is 1. The summed E-state index contributed by atoms with van der Waals surface area (Å²) in [5.41, 5.74) is 1.31. The van der Waals surface area contributed by atoms with Gasteiger partial charge < -0.3 is 25.5 Å². The smallest absolute Gasteiger partial charge is 0.426 e. The van der Waals surface area contributed by atoms with E-state index >= 15 is 0 Å². The van der Waals surface area contributed by atoms with Gasteiger partial charge in [0.15, 0.2) is 0 Å². The van der Waals surface area contributed by atoms with Crippen molar-refractivity contribution in [3.8, 4) is 0 Å². The van der Waals surface area contributed by atoms with Gasteiger partial charge in [-0.1, -0.05) is 25.1 Å². The van der Waals surface area contributed by atoms with Crippen LogP contribution >= 0.6 is 0 Å². The van der Waals surface area contributed by atoms with Gasteiger partial charge in [-0.15, -0.1) is 0 Å². The first-order valence-electron chi connectivity index (χ1n) is 9.09. The lowest BCUT2D eigenvalue weighted by atomic mass is 9.75. The number of aryl methyl sites for hydroxylation is 1. The number of hydrogen-bond acceptors (Lipinski definition) is 6. The van der Waals surface area contributed by atoms with E-state index in [0.29, 0.717) is 17.7 Å². The second-order valence-corrected chi connectivity index (χ2v) is 7.26. The number of halogens is 1. The zero-order chi connectivity index (χ0) is 20.8. The highest BCUT2D eigenvalue weighted by Gasteiger charge is 2.33. The van der Waals surface area contributed by atoms with E-state index in [2.05, 4.69) is 15.8 Å². The Morgan fingerprint density at radius 2 is 2.11 bits per heavy atom. The molecule has 2 atom stereocenters. The maximum Gasteiger partial charge on any atom is 0.475 e. The lowest BCUT2D eigenvalue weighted by molar-refractivity contribution is -0.131. The van der Waals surface area contributed by atoms with Crippen molar-refractivity contribution >= 4 is 24.6 Å². The summed E-state index contributed by atoms with van der Waals surface area (Å²) < 4.78 is 13.3. The minimum atomic E-state index is -1.68. The van der Waals surface area contributed by atoms with Gasteiger partial charge in [-0.3, -0.25) is 9.59 Å². The van der Waals surface area contributed by atoms with Gasteiger partial charge in [0.05, 0.1) is 18.2 Å². The van der Waals surface area contributed by atoms with Crippen molar-refractivity contribution in [3.63, 3.8) is 0 Å². The standard InChI is InChI=1S/C18H25BFN3O5/c1-10(2)6-16(19(26)27)22-18(25)15-8-13(23-28-15)9-21-17(24)14-7-12(20)5-4-11(14)3/h4-5,7,10,15-16,26-27H,6,8-9H2,1-3H3,(H,21,24)(H,22,25)/t15?,16-/m0/s1. The molecule has 0 bridgehead atoms. The number of amides is 2. The average molecular weight is 393 g/mol. The predicted octanol–water partition coefficient (Wildman–Crippen LogP) is 0.552. The maximum atomic E-state index is 13.3. The highest BCUT2D eigenvalue weighted by molar-refractivity contribution is 6.43. The van der Waals surface area contributed by atoms with E-state index in [1.165, 1.54) is 12.1 Å². The second-order valence-electron chi connectivity index (χ2n) is 7.26. The zero-order valence-electron chi connectivity index (χ0n) is 16.1. The molecule has 0 aliphatic carbocycles. The molecule has 0 radical (unpaired) electrons. The molecule has 1 aromatic carbocycles. The van der Waals surface area contributed by atoms with Gasteiger partial charge in [0.25, 0.3) is 11.8 Å². The van der Waals surface area contributed by atoms with Crippen LogP contribution in [0.25, 0.3) is 0 Å². The van der Waals surface area contributed by atoms with Crippen molar-refractivity contribution in [1.29, 1.82) is 0 Å². The molecule has 0 saturated carbocycles. The van der Waals surface area contributed by atoms with E-state index in [1.54, 1.807) is 6.92 Å². The fourth-order valence-corrected chi connectivity index (χ4v) is 2.83. The molecule has 1 unspecified atom stereocenters. The summed E-state index contributed by atoms with van der Waals surface area (Å²) in [5, 5.41) is 27.8. The van der Waals surface area contributed by atoms with E-state index in [9.17, 15) is 24.0 Å². The molecule has 4 N–H and O–H groups in total. The molecule has 2 rings (SSSR count). The number of nitrogens with one attached hydrogen (secondary N) is 2. The number of rotatable bonds is 8. The normalized spacial score (nSPS) is 17.0. The summed E-state index contributed by atoms with van der Waals surface area (Å²) in [4.78, 5) is 29.6. The van der Waals surface area contributed by atoms with Crippen molar-refractivity contribution in [3.05, 3.63) is 35.1 Å². The second kappa shape index (κ2) is 9.65. The first-order valence-corrected chi connectivity index (χ1v) is 9.09. The molecule has 0 fully saturated rings. The monoisotopic (exact) mass is 393 g/mol. The summed E-state index contributed by atoms with van der Waals surface area (Å²) >= 11 is 0. The van der Waals surface area contributed by atoms with E-state index in [-0.39, 0.29) is 24.4 Å². The number of carbonyl (C=O) groups is 2. The van der Waals surface area contributed by atoms with Crippen LogP contribution in [0.5, 0.6) is 0 Å². The molecule has 8 nitrogen and oxygen atoms in total. The summed E-state index contributed by atoms with van der Waals surface area (Å²) in [6.07, 6.45) is -0.354. The van der Waals surface area contributed by atoms with Gasteiger partial charge in [-0.2, -0.15) is 0 Å². The van der Waals surface area contributed by atoms with Crippen molar-refractivity contribution in [2.75, 3.05) is 6.54 Å². The lowest BCUT2D eigenvalue weighted by Crippen LogP contribution is -2.50. The van der Waals surface area contributed by atoms with Crippen LogP contribution in [0, 0.1) is 18.7 Å². The molecule has 1 aliphatic rings. The van der Waals surface area contributed by atoms with Gasteiger partial charge >= 0.3 is 7.12 Å². The third-order valence-electron chi connectivity index (χ3n) is 4.33. The highest BCUT2D eigenvalue weighted by Crippen LogP contribution is 2.14. The van der Waals surface area contributed by atoms with Crippen molar-refractivity contribution in [2.45, 2.75) is 45.7 Å². The predicted molar refractivity (Wildman–Crippen MR) is 102 cm³/mol. The van der Waals surface area contributed by atoms with Gasteiger partial charge in [0.2, 0.25) is 6.10 Å². The fourth-order valence-electron chi connectivity index (χ4n) is 2.83. The Labute approximate surface area is 163 Å². The molecule has 10 heteroatoms. The third kappa shape index (κ3) is 6.03. The molecule has 1 heterocycles. The minimum absolute atomic E-state index is 0.0522. The molecular formula is C18H25BFN3O5. The molecule has 1 aliphatic heterocycles. The van der Waals surface area contributed by atoms with Gasteiger partial charge in [-0.25, -0.2) is 4.39 Å². The molecule has 1 aromatic rings. The lowest BCUT2D eigenvalue weighted by Gasteiger charge is -2.20. The van der Waals surface area contributed by atoms with Crippen molar-refractivity contribution in [2.24, 2.45) is 11.1 Å². The number of oxime groups is 1. The van der Waals surface area contributed by atoms with Gasteiger partial charge in [-0.05, 0) is 37.0 Å². The van der Waals surface area contributed by atoms with E-state index in [4.69, 9.17) is 4.84 Å². The van der Waals surface area contributed by atoms with Crippen molar-refractivity contribution in [1.82, 2.24) is 10.6 Å². The first kappa shape index (κ1) is 21.8. The zero-order valence-corrected chi connectivity index (χ0v) is 16.1. The molecule has 28 heavy (non-hydrogen) atoms. The Kier molecular flexibility index (Phi) is 7.53. The molecule has 0 aromatic heterocycles. The van der Waals surface area contributed by atoms with Crippen LogP contribution in [0.2, 0.25) is 0 Å². The number of nitrogens with zero attached hydrogens (tertiary/aromatic N) is 1. The van der Waals surface area contributed by atoms with Crippen LogP contribution in [-0.4, -0.2) is 53.3 Å². The van der Waals surface area contributed by atoms with Gasteiger partial charge in [0, 0.05) is 12.0 Å². The summed E-state index contributed by atoms with van der Waals surface area (Å²) in [6, 6.07) is 3.95. The SMILES string of the molecule is Cc1ccc(F)cc1C(=O)NCC1=NOC(C(=O)N[C@@H](CC(C)C)B(O)O)C1. The Balaban J connectivity index is 1.85. The highest BCUT2D eigenvalue weighted by atomic mass is 19.1. The third-order valence-corrected chi connectivity index (χ3v) is 4.33. The Hall–Kier alpha value is -2.46. The molecule has 0 saturated heterocycles. The van der Waals surface area contributed by atoms with E-state index in [0.717, 1.165) is 6.07 Å². The largest absolute Gasteiger partial charge is 0.475 e. The number of carbonyl (C=O) groups excluding carboxylic acids is 2. The Morgan fingerprint density at radius 3 is 2.75 bits per heavy atom. The molecule has 152 valence electrons. The maximum absolute atomic E-state index is 13.3. The molecular weight excluding hydrogens is 368 g/mol. The molecule has 0 spiro atoms. The molecule has 2 amide bonds. The quantitative estimate of drug-likeness (QED) is 0.481. The Morgan fingerprint density at radius 1 is 1.39 bits per heavy atom. The minimum Gasteiger partial charge on any atom is -0.426 e. The van der Waals surface area contributed by atoms with Crippen LogP contribution in [0.3, 0.4) is 0 Å². The van der Waals surface area contributed by atoms with E-state index in [1.807, 2.05) is 13.8 Å². The van der Waals surface area contributed by atoms with Crippen molar-refractivity contribution < 1.29 is 28.9 Å². The van der Waals surface area contributed by atoms with Gasteiger partial charge in [0.1, 0.15) is 5.82 Å². The van der Waals surface area contributed by atoms with Crippen LogP contribution in [0.4, 0.5) is 4.39 Å². The average Bonchev–Trinajstić information content (AvgIpc) is 3.09. The van der Waals surface area contributed by atoms with Crippen LogP contribution in [0.15, 0.2) is 23.4 Å². The van der Waals surface area contributed by atoms with E-state index < -0.39 is 36.8 Å². The summed E-state index contributed by atoms with van der Waals surface area (Å²) in [7, 11) is -1.68. The number of hydrogen-bond donors (Lipinski definition) is 4. The van der Waals surface area contributed by atoms with Crippen LogP contribution < -0.4 is 10.6 Å². The Bertz CT molecular complexity index is 757. The summed E-state index contributed by atoms with van der Waals surface area (Å²) in [6.45, 7) is 5.56. The van der Waals surface area contributed by atoms with Crippen LogP contribution in [-0.2, 0) is 9.63 Å².